The first kappa shape index (κ1) is 17.8. The maximum atomic E-state index is 5.56. The fourth-order valence-corrected chi connectivity index (χ4v) is 2.08. The summed E-state index contributed by atoms with van der Waals surface area (Å²) in [6.45, 7) is 8.77. The van der Waals surface area contributed by atoms with Gasteiger partial charge in [0.1, 0.15) is 6.26 Å². The van der Waals surface area contributed by atoms with Crippen LogP contribution in [0.1, 0.15) is 45.2 Å². The Morgan fingerprint density at radius 2 is 1.89 bits per heavy atom. The van der Waals surface area contributed by atoms with Crippen LogP contribution in [-0.2, 0) is 11.8 Å². The molecule has 0 aliphatic carbocycles. The van der Waals surface area contributed by atoms with Gasteiger partial charge in [-0.15, -0.1) is 24.8 Å². The molecule has 0 aromatic carbocycles. The number of oxazole rings is 1. The second-order valence-electron chi connectivity index (χ2n) is 5.77. The first-order valence-electron chi connectivity index (χ1n) is 6.21. The fourth-order valence-electron chi connectivity index (χ4n) is 2.08. The van der Waals surface area contributed by atoms with E-state index in [0.717, 1.165) is 37.0 Å². The average Bonchev–Trinajstić information content (AvgIpc) is 2.67. The molecular weight excluding hydrogens is 271 g/mol. The van der Waals surface area contributed by atoms with Crippen molar-refractivity contribution in [3.8, 4) is 0 Å². The summed E-state index contributed by atoms with van der Waals surface area (Å²) in [5, 5.41) is 3.38. The molecule has 1 N–H and O–H groups in total. The van der Waals surface area contributed by atoms with Gasteiger partial charge in [0.2, 0.25) is 0 Å². The van der Waals surface area contributed by atoms with Crippen molar-refractivity contribution < 1.29 is 4.42 Å². The lowest BCUT2D eigenvalue weighted by atomic mass is 9.93. The van der Waals surface area contributed by atoms with Gasteiger partial charge in [-0.3, -0.25) is 0 Å². The third-order valence-corrected chi connectivity index (χ3v) is 3.24. The molecule has 0 atom stereocenters. The van der Waals surface area contributed by atoms with Crippen LogP contribution in [0.3, 0.4) is 0 Å². The van der Waals surface area contributed by atoms with Gasteiger partial charge >= 0.3 is 0 Å². The minimum atomic E-state index is 0. The summed E-state index contributed by atoms with van der Waals surface area (Å²) >= 11 is 0. The van der Waals surface area contributed by atoms with E-state index in [2.05, 4.69) is 31.1 Å². The summed E-state index contributed by atoms with van der Waals surface area (Å²) in [7, 11) is 0. The summed E-state index contributed by atoms with van der Waals surface area (Å²) in [4.78, 5) is 4.59. The Morgan fingerprint density at radius 3 is 2.39 bits per heavy atom. The fraction of sp³-hybridized carbons (Fsp3) is 0.769. The van der Waals surface area contributed by atoms with Gasteiger partial charge < -0.3 is 9.73 Å². The molecule has 1 saturated heterocycles. The number of halogens is 2. The zero-order valence-corrected chi connectivity index (χ0v) is 13.0. The predicted octanol–water partition coefficient (Wildman–Crippen LogP) is 3.36. The molecule has 0 bridgehead atoms. The van der Waals surface area contributed by atoms with Crippen molar-refractivity contribution in [2.75, 3.05) is 13.1 Å². The monoisotopic (exact) mass is 294 g/mol. The molecule has 1 aromatic heterocycles. The van der Waals surface area contributed by atoms with E-state index in [0.29, 0.717) is 0 Å². The quantitative estimate of drug-likeness (QED) is 0.909. The molecular formula is C13H24Cl2N2O. The molecule has 0 spiro atoms. The molecule has 1 aliphatic heterocycles. The first-order chi connectivity index (χ1) is 7.55. The zero-order chi connectivity index (χ0) is 11.6. The van der Waals surface area contributed by atoms with E-state index >= 15 is 0 Å². The largest absolute Gasteiger partial charge is 0.449 e. The van der Waals surface area contributed by atoms with Gasteiger partial charge in [0, 0.05) is 11.8 Å². The van der Waals surface area contributed by atoms with E-state index in [9.17, 15) is 0 Å². The van der Waals surface area contributed by atoms with Crippen LogP contribution in [0.15, 0.2) is 10.7 Å². The van der Waals surface area contributed by atoms with Crippen LogP contribution in [-0.4, -0.2) is 18.1 Å². The maximum absolute atomic E-state index is 5.56. The maximum Gasteiger partial charge on any atom is 0.194 e. The molecule has 106 valence electrons. The molecule has 1 aromatic rings. The van der Waals surface area contributed by atoms with Gasteiger partial charge in [-0.05, 0) is 31.8 Å². The highest BCUT2D eigenvalue weighted by molar-refractivity contribution is 5.85. The molecule has 5 heteroatoms. The van der Waals surface area contributed by atoms with E-state index in [1.165, 1.54) is 12.8 Å². The number of hydrogen-bond acceptors (Lipinski definition) is 3. The topological polar surface area (TPSA) is 38.1 Å². The third kappa shape index (κ3) is 4.79. The van der Waals surface area contributed by atoms with Crippen LogP contribution in [0.25, 0.3) is 0 Å². The lowest BCUT2D eigenvalue weighted by Gasteiger charge is -2.21. The molecule has 1 aliphatic rings. The Hall–Kier alpha value is -0.250. The number of hydrogen-bond donors (Lipinski definition) is 1. The summed E-state index contributed by atoms with van der Waals surface area (Å²) < 4.78 is 5.56. The van der Waals surface area contributed by atoms with Gasteiger partial charge in [0.05, 0.1) is 5.69 Å². The molecule has 0 unspecified atom stereocenters. The highest BCUT2D eigenvalue weighted by Crippen LogP contribution is 2.23. The SMILES string of the molecule is CC(C)(C)c1coc(CC2CCNCC2)n1.Cl.Cl. The summed E-state index contributed by atoms with van der Waals surface area (Å²) in [5.74, 6) is 1.66. The van der Waals surface area contributed by atoms with E-state index in [4.69, 9.17) is 4.42 Å². The lowest BCUT2D eigenvalue weighted by Crippen LogP contribution is -2.28. The van der Waals surface area contributed by atoms with Gasteiger partial charge in [0.15, 0.2) is 5.89 Å². The summed E-state index contributed by atoms with van der Waals surface area (Å²) in [5.41, 5.74) is 1.16. The van der Waals surface area contributed by atoms with E-state index in [1.807, 2.05) is 6.26 Å². The first-order valence-corrected chi connectivity index (χ1v) is 6.21. The second kappa shape index (κ2) is 7.37. The molecule has 1 fully saturated rings. The summed E-state index contributed by atoms with van der Waals surface area (Å²) in [6, 6.07) is 0. The minimum Gasteiger partial charge on any atom is -0.449 e. The highest BCUT2D eigenvalue weighted by atomic mass is 35.5. The van der Waals surface area contributed by atoms with Crippen LogP contribution in [0.4, 0.5) is 0 Å². The van der Waals surface area contributed by atoms with Crippen molar-refractivity contribution in [2.45, 2.75) is 45.4 Å². The van der Waals surface area contributed by atoms with Crippen LogP contribution in [0, 0.1) is 5.92 Å². The number of rotatable bonds is 2. The minimum absolute atomic E-state index is 0. The van der Waals surface area contributed by atoms with Gasteiger partial charge in [-0.1, -0.05) is 20.8 Å². The Bertz CT molecular complexity index is 341. The van der Waals surface area contributed by atoms with Crippen molar-refractivity contribution in [1.29, 1.82) is 0 Å². The van der Waals surface area contributed by atoms with E-state index in [1.54, 1.807) is 0 Å². The molecule has 0 amide bonds. The van der Waals surface area contributed by atoms with E-state index < -0.39 is 0 Å². The number of nitrogens with one attached hydrogen (secondary N) is 1. The second-order valence-corrected chi connectivity index (χ2v) is 5.77. The Morgan fingerprint density at radius 1 is 1.28 bits per heavy atom. The Labute approximate surface area is 122 Å². The standard InChI is InChI=1S/C13H22N2O.2ClH/c1-13(2,3)11-9-16-12(15-11)8-10-4-6-14-7-5-10;;/h9-10,14H,4-8H2,1-3H3;2*1H. The highest BCUT2D eigenvalue weighted by Gasteiger charge is 2.21. The van der Waals surface area contributed by atoms with Crippen molar-refractivity contribution in [2.24, 2.45) is 5.92 Å². The molecule has 0 radical (unpaired) electrons. The molecule has 3 nitrogen and oxygen atoms in total. The predicted molar refractivity (Wildman–Crippen MR) is 79.0 cm³/mol. The van der Waals surface area contributed by atoms with Gasteiger partial charge in [-0.25, -0.2) is 4.98 Å². The third-order valence-electron chi connectivity index (χ3n) is 3.24. The van der Waals surface area contributed by atoms with Crippen LogP contribution in [0.2, 0.25) is 0 Å². The smallest absolute Gasteiger partial charge is 0.194 e. The van der Waals surface area contributed by atoms with Crippen LogP contribution >= 0.6 is 24.8 Å². The van der Waals surface area contributed by atoms with Crippen molar-refractivity contribution in [3.05, 3.63) is 17.8 Å². The molecule has 2 heterocycles. The average molecular weight is 295 g/mol. The molecule has 0 saturated carbocycles. The van der Waals surface area contributed by atoms with Crippen LogP contribution in [0.5, 0.6) is 0 Å². The number of piperidine rings is 1. The Balaban J connectivity index is 0.00000144. The molecule has 18 heavy (non-hydrogen) atoms. The number of nitrogens with zero attached hydrogens (tertiary/aromatic N) is 1. The lowest BCUT2D eigenvalue weighted by molar-refractivity contribution is 0.341. The van der Waals surface area contributed by atoms with Gasteiger partial charge in [-0.2, -0.15) is 0 Å². The zero-order valence-electron chi connectivity index (χ0n) is 11.4. The normalized spacial score (nSPS) is 16.8. The van der Waals surface area contributed by atoms with Crippen LogP contribution < -0.4 is 5.32 Å². The van der Waals surface area contributed by atoms with Crippen molar-refractivity contribution in [3.63, 3.8) is 0 Å². The molecule has 2 rings (SSSR count). The number of aromatic nitrogens is 1. The Kier molecular flexibility index (Phi) is 7.26. The van der Waals surface area contributed by atoms with Crippen molar-refractivity contribution >= 4 is 24.8 Å². The summed E-state index contributed by atoms with van der Waals surface area (Å²) in [6.07, 6.45) is 5.30. The van der Waals surface area contributed by atoms with E-state index in [-0.39, 0.29) is 30.2 Å². The van der Waals surface area contributed by atoms with Gasteiger partial charge in [0.25, 0.3) is 0 Å². The van der Waals surface area contributed by atoms with Crippen molar-refractivity contribution in [1.82, 2.24) is 10.3 Å².